The zero-order chi connectivity index (χ0) is 17.7. The van der Waals surface area contributed by atoms with Gasteiger partial charge >= 0.3 is 6.03 Å². The van der Waals surface area contributed by atoms with Gasteiger partial charge in [-0.2, -0.15) is 0 Å². The second-order valence-electron chi connectivity index (χ2n) is 6.13. The van der Waals surface area contributed by atoms with Crippen LogP contribution in [0.5, 0.6) is 0 Å². The van der Waals surface area contributed by atoms with Crippen molar-refractivity contribution in [1.29, 1.82) is 0 Å². The lowest BCUT2D eigenvalue weighted by atomic mass is 10.0. The third-order valence-electron chi connectivity index (χ3n) is 3.79. The molecule has 0 saturated heterocycles. The van der Waals surface area contributed by atoms with Gasteiger partial charge in [-0.15, -0.1) is 0 Å². The van der Waals surface area contributed by atoms with Crippen molar-refractivity contribution >= 4 is 17.6 Å². The summed E-state index contributed by atoms with van der Waals surface area (Å²) in [5, 5.41) is 2.47. The fraction of sp³-hybridized carbons (Fsp3) is 0.263. The van der Waals surface area contributed by atoms with Crippen molar-refractivity contribution in [3.05, 3.63) is 65.2 Å². The number of urea groups is 1. The summed E-state index contributed by atoms with van der Waals surface area (Å²) in [6.07, 6.45) is 0. The number of benzene rings is 2. The summed E-state index contributed by atoms with van der Waals surface area (Å²) in [6, 6.07) is 14.4. The summed E-state index contributed by atoms with van der Waals surface area (Å²) in [4.78, 5) is 25.1. The molecule has 2 aromatic rings. The van der Waals surface area contributed by atoms with Crippen molar-refractivity contribution in [3.63, 3.8) is 0 Å². The third-order valence-corrected chi connectivity index (χ3v) is 3.79. The van der Waals surface area contributed by atoms with Gasteiger partial charge in [-0.1, -0.05) is 44.2 Å². The molecule has 0 bridgehead atoms. The van der Waals surface area contributed by atoms with Gasteiger partial charge in [0, 0.05) is 24.8 Å². The van der Waals surface area contributed by atoms with E-state index in [0.717, 1.165) is 5.56 Å². The molecule has 0 aliphatic rings. The normalized spacial score (nSPS) is 10.5. The molecule has 24 heavy (non-hydrogen) atoms. The lowest BCUT2D eigenvalue weighted by Crippen LogP contribution is -2.26. The van der Waals surface area contributed by atoms with E-state index in [4.69, 9.17) is 5.73 Å². The largest absolute Gasteiger partial charge is 0.351 e. The van der Waals surface area contributed by atoms with Crippen LogP contribution in [0.3, 0.4) is 0 Å². The molecule has 0 heterocycles. The van der Waals surface area contributed by atoms with Gasteiger partial charge in [-0.05, 0) is 35.2 Å². The van der Waals surface area contributed by atoms with E-state index in [1.807, 2.05) is 12.1 Å². The summed E-state index contributed by atoms with van der Waals surface area (Å²) in [6.45, 7) is 4.82. The molecular formula is C19H23N3O2. The first-order valence-corrected chi connectivity index (χ1v) is 7.87. The molecule has 0 fully saturated rings. The van der Waals surface area contributed by atoms with E-state index in [0.29, 0.717) is 23.7 Å². The predicted octanol–water partition coefficient (Wildman–Crippen LogP) is 3.57. The van der Waals surface area contributed by atoms with Gasteiger partial charge in [0.2, 0.25) is 0 Å². The van der Waals surface area contributed by atoms with Crippen molar-refractivity contribution < 1.29 is 9.59 Å². The van der Waals surface area contributed by atoms with Gasteiger partial charge in [-0.25, -0.2) is 4.79 Å². The minimum Gasteiger partial charge on any atom is -0.351 e. The fourth-order valence-corrected chi connectivity index (χ4v) is 2.45. The van der Waals surface area contributed by atoms with Gasteiger partial charge in [0.05, 0.1) is 0 Å². The van der Waals surface area contributed by atoms with Crippen molar-refractivity contribution in [1.82, 2.24) is 4.90 Å². The number of anilines is 1. The number of nitrogens with one attached hydrogen (secondary N) is 1. The number of rotatable bonds is 5. The van der Waals surface area contributed by atoms with Gasteiger partial charge in [0.15, 0.2) is 0 Å². The third kappa shape index (κ3) is 4.59. The Morgan fingerprint density at radius 1 is 1.12 bits per heavy atom. The van der Waals surface area contributed by atoms with E-state index in [9.17, 15) is 9.59 Å². The zero-order valence-corrected chi connectivity index (χ0v) is 14.2. The van der Waals surface area contributed by atoms with Crippen molar-refractivity contribution in [2.24, 2.45) is 5.73 Å². The number of carbonyl (C=O) groups excluding carboxylic acids is 2. The topological polar surface area (TPSA) is 75.4 Å². The van der Waals surface area contributed by atoms with Crippen molar-refractivity contribution in [2.45, 2.75) is 26.3 Å². The number of primary amides is 1. The number of carbonyl (C=O) groups is 2. The Bertz CT molecular complexity index is 724. The maximum Gasteiger partial charge on any atom is 0.316 e. The molecule has 0 aliphatic carbocycles. The van der Waals surface area contributed by atoms with E-state index in [1.54, 1.807) is 36.2 Å². The van der Waals surface area contributed by atoms with Crippen LogP contribution in [0, 0.1) is 0 Å². The second-order valence-corrected chi connectivity index (χ2v) is 6.13. The number of hydrogen-bond acceptors (Lipinski definition) is 2. The van der Waals surface area contributed by atoms with Crippen molar-refractivity contribution in [2.75, 3.05) is 12.4 Å². The maximum absolute atomic E-state index is 12.5. The molecule has 126 valence electrons. The second kappa shape index (κ2) is 7.64. The van der Waals surface area contributed by atoms with Crippen LogP contribution in [0.4, 0.5) is 10.5 Å². The van der Waals surface area contributed by atoms with Crippen LogP contribution in [0.2, 0.25) is 0 Å². The molecular weight excluding hydrogens is 302 g/mol. The van der Waals surface area contributed by atoms with Crippen LogP contribution >= 0.6 is 0 Å². The highest BCUT2D eigenvalue weighted by atomic mass is 16.2. The first-order chi connectivity index (χ1) is 11.4. The average Bonchev–Trinajstić information content (AvgIpc) is 2.54. The Balaban J connectivity index is 2.07. The molecule has 2 rings (SSSR count). The predicted molar refractivity (Wildman–Crippen MR) is 96.0 cm³/mol. The van der Waals surface area contributed by atoms with Crippen LogP contribution in [0.25, 0.3) is 0 Å². The van der Waals surface area contributed by atoms with Gasteiger partial charge in [0.1, 0.15) is 0 Å². The highest BCUT2D eigenvalue weighted by molar-refractivity contribution is 5.96. The molecule has 0 radical (unpaired) electrons. The van der Waals surface area contributed by atoms with Crippen LogP contribution in [-0.2, 0) is 6.54 Å². The van der Waals surface area contributed by atoms with Gasteiger partial charge in [-0.3, -0.25) is 4.79 Å². The molecule has 0 aromatic heterocycles. The Labute approximate surface area is 142 Å². The summed E-state index contributed by atoms with van der Waals surface area (Å²) in [5.41, 5.74) is 8.45. The Kier molecular flexibility index (Phi) is 5.58. The first-order valence-electron chi connectivity index (χ1n) is 7.87. The molecule has 0 aliphatic heterocycles. The molecule has 3 N–H and O–H groups in total. The lowest BCUT2D eigenvalue weighted by Gasteiger charge is -2.18. The smallest absolute Gasteiger partial charge is 0.316 e. The number of hydrogen-bond donors (Lipinski definition) is 2. The van der Waals surface area contributed by atoms with E-state index < -0.39 is 6.03 Å². The zero-order valence-electron chi connectivity index (χ0n) is 14.2. The Morgan fingerprint density at radius 3 is 2.38 bits per heavy atom. The quantitative estimate of drug-likeness (QED) is 0.881. The van der Waals surface area contributed by atoms with Crippen LogP contribution in [-0.4, -0.2) is 23.9 Å². The fourth-order valence-electron chi connectivity index (χ4n) is 2.45. The SMILES string of the molecule is CC(C)c1ccc(CN(C)C(=O)c2cccc(NC(N)=O)c2)cc1. The van der Waals surface area contributed by atoms with E-state index >= 15 is 0 Å². The van der Waals surface area contributed by atoms with Gasteiger partial charge < -0.3 is 16.0 Å². The van der Waals surface area contributed by atoms with Crippen LogP contribution in [0.15, 0.2) is 48.5 Å². The number of nitrogens with two attached hydrogens (primary N) is 1. The van der Waals surface area contributed by atoms with E-state index in [1.165, 1.54) is 5.56 Å². The van der Waals surface area contributed by atoms with Gasteiger partial charge in [0.25, 0.3) is 5.91 Å². The Hall–Kier alpha value is -2.82. The molecule has 5 heteroatoms. The van der Waals surface area contributed by atoms with Crippen LogP contribution < -0.4 is 11.1 Å². The van der Waals surface area contributed by atoms with E-state index in [-0.39, 0.29) is 5.91 Å². The van der Waals surface area contributed by atoms with Crippen LogP contribution in [0.1, 0.15) is 41.3 Å². The highest BCUT2D eigenvalue weighted by Gasteiger charge is 2.13. The summed E-state index contributed by atoms with van der Waals surface area (Å²) >= 11 is 0. The summed E-state index contributed by atoms with van der Waals surface area (Å²) in [5.74, 6) is 0.370. The summed E-state index contributed by atoms with van der Waals surface area (Å²) in [7, 11) is 1.76. The highest BCUT2D eigenvalue weighted by Crippen LogP contribution is 2.17. The standard InChI is InChI=1S/C19H23N3O2/c1-13(2)15-9-7-14(8-10-15)12-22(3)18(23)16-5-4-6-17(11-16)21-19(20)24/h4-11,13H,12H2,1-3H3,(H3,20,21,24). The summed E-state index contributed by atoms with van der Waals surface area (Å²) < 4.78 is 0. The Morgan fingerprint density at radius 2 is 1.79 bits per heavy atom. The minimum absolute atomic E-state index is 0.115. The molecule has 0 unspecified atom stereocenters. The monoisotopic (exact) mass is 325 g/mol. The van der Waals surface area contributed by atoms with E-state index in [2.05, 4.69) is 31.3 Å². The number of nitrogens with zero attached hydrogens (tertiary/aromatic N) is 1. The molecule has 0 saturated carbocycles. The molecule has 0 spiro atoms. The molecule has 3 amide bonds. The molecule has 0 atom stereocenters. The molecule has 2 aromatic carbocycles. The van der Waals surface area contributed by atoms with Crippen molar-refractivity contribution in [3.8, 4) is 0 Å². The lowest BCUT2D eigenvalue weighted by molar-refractivity contribution is 0.0785. The maximum atomic E-state index is 12.5. The number of amides is 3. The first kappa shape index (κ1) is 17.5. The average molecular weight is 325 g/mol. The minimum atomic E-state index is -0.654. The molecule has 5 nitrogen and oxygen atoms in total.